The highest BCUT2D eigenvalue weighted by atomic mass is 79.9. The standard InChI is InChI=1S/C13H16BrNO4/c1-4-19-13(17)9-5-6-11(10(14)7-9)15-8(2)12(16)18-3/h5-8,15H,4H2,1-3H3. The SMILES string of the molecule is CCOC(=O)c1ccc(NC(C)C(=O)OC)c(Br)c1. The van der Waals surface area contributed by atoms with Gasteiger partial charge in [0, 0.05) is 10.2 Å². The number of carbonyl (C=O) groups is 2. The lowest BCUT2D eigenvalue weighted by Crippen LogP contribution is -2.27. The van der Waals surface area contributed by atoms with Crippen LogP contribution < -0.4 is 5.32 Å². The minimum Gasteiger partial charge on any atom is -0.467 e. The fraction of sp³-hybridized carbons (Fsp3) is 0.385. The highest BCUT2D eigenvalue weighted by Crippen LogP contribution is 2.24. The van der Waals surface area contributed by atoms with Gasteiger partial charge in [-0.05, 0) is 48.0 Å². The molecule has 0 aliphatic heterocycles. The van der Waals surface area contributed by atoms with Crippen molar-refractivity contribution < 1.29 is 19.1 Å². The van der Waals surface area contributed by atoms with Gasteiger partial charge in [0.1, 0.15) is 6.04 Å². The maximum Gasteiger partial charge on any atom is 0.338 e. The van der Waals surface area contributed by atoms with Crippen LogP contribution in [0.4, 0.5) is 5.69 Å². The molecule has 1 aromatic carbocycles. The van der Waals surface area contributed by atoms with Gasteiger partial charge in [0.15, 0.2) is 0 Å². The summed E-state index contributed by atoms with van der Waals surface area (Å²) < 4.78 is 10.2. The minimum atomic E-state index is -0.477. The number of benzene rings is 1. The molecule has 0 amide bonds. The lowest BCUT2D eigenvalue weighted by Gasteiger charge is -2.14. The van der Waals surface area contributed by atoms with Crippen LogP contribution >= 0.6 is 15.9 Å². The van der Waals surface area contributed by atoms with Crippen molar-refractivity contribution in [3.63, 3.8) is 0 Å². The predicted molar refractivity (Wildman–Crippen MR) is 75.2 cm³/mol. The van der Waals surface area contributed by atoms with Crippen molar-refractivity contribution in [2.24, 2.45) is 0 Å². The summed E-state index contributed by atoms with van der Waals surface area (Å²) in [6, 6.07) is 4.50. The third-order valence-electron chi connectivity index (χ3n) is 2.41. The summed E-state index contributed by atoms with van der Waals surface area (Å²) in [5.74, 6) is -0.739. The smallest absolute Gasteiger partial charge is 0.338 e. The van der Waals surface area contributed by atoms with Crippen LogP contribution in [0.25, 0.3) is 0 Å². The summed E-state index contributed by atoms with van der Waals surface area (Å²) in [5, 5.41) is 2.99. The molecule has 19 heavy (non-hydrogen) atoms. The molecule has 0 heterocycles. The van der Waals surface area contributed by atoms with Gasteiger partial charge >= 0.3 is 11.9 Å². The second-order valence-electron chi connectivity index (χ2n) is 3.80. The normalized spacial score (nSPS) is 11.6. The van der Waals surface area contributed by atoms with Gasteiger partial charge in [-0.3, -0.25) is 0 Å². The second kappa shape index (κ2) is 7.13. The van der Waals surface area contributed by atoms with E-state index in [1.54, 1.807) is 32.0 Å². The van der Waals surface area contributed by atoms with Crippen LogP contribution in [0.5, 0.6) is 0 Å². The molecule has 6 heteroatoms. The largest absolute Gasteiger partial charge is 0.467 e. The summed E-state index contributed by atoms with van der Waals surface area (Å²) >= 11 is 3.34. The number of rotatable bonds is 5. The van der Waals surface area contributed by atoms with E-state index in [2.05, 4.69) is 26.0 Å². The number of carbonyl (C=O) groups excluding carboxylic acids is 2. The average Bonchev–Trinajstić information content (AvgIpc) is 2.40. The molecular formula is C13H16BrNO4. The van der Waals surface area contributed by atoms with Gasteiger partial charge in [0.2, 0.25) is 0 Å². The maximum absolute atomic E-state index is 11.5. The molecule has 1 aromatic rings. The molecule has 0 aromatic heterocycles. The van der Waals surface area contributed by atoms with E-state index in [4.69, 9.17) is 4.74 Å². The minimum absolute atomic E-state index is 0.329. The molecule has 1 rings (SSSR count). The first-order chi connectivity index (χ1) is 8.99. The summed E-state index contributed by atoms with van der Waals surface area (Å²) in [6.07, 6.45) is 0. The van der Waals surface area contributed by atoms with Gasteiger partial charge in [-0.1, -0.05) is 0 Å². The Labute approximate surface area is 120 Å². The van der Waals surface area contributed by atoms with E-state index >= 15 is 0 Å². The molecule has 1 N–H and O–H groups in total. The van der Waals surface area contributed by atoms with Gasteiger partial charge in [-0.2, -0.15) is 0 Å². The number of anilines is 1. The molecule has 0 aliphatic rings. The van der Waals surface area contributed by atoms with Crippen LogP contribution in [0, 0.1) is 0 Å². The van der Waals surface area contributed by atoms with Crippen molar-refractivity contribution in [3.8, 4) is 0 Å². The molecule has 0 fully saturated rings. The van der Waals surface area contributed by atoms with E-state index in [9.17, 15) is 9.59 Å². The van der Waals surface area contributed by atoms with E-state index in [1.165, 1.54) is 7.11 Å². The van der Waals surface area contributed by atoms with Crippen LogP contribution in [-0.4, -0.2) is 31.7 Å². The Morgan fingerprint density at radius 2 is 2.11 bits per heavy atom. The topological polar surface area (TPSA) is 64.6 Å². The number of esters is 2. The molecule has 1 unspecified atom stereocenters. The average molecular weight is 330 g/mol. The Balaban J connectivity index is 2.83. The second-order valence-corrected chi connectivity index (χ2v) is 4.66. The zero-order valence-electron chi connectivity index (χ0n) is 11.0. The van der Waals surface area contributed by atoms with Crippen molar-refractivity contribution in [3.05, 3.63) is 28.2 Å². The molecule has 0 radical (unpaired) electrons. The quantitative estimate of drug-likeness (QED) is 0.841. The monoisotopic (exact) mass is 329 g/mol. The third-order valence-corrected chi connectivity index (χ3v) is 3.06. The fourth-order valence-corrected chi connectivity index (χ4v) is 1.94. The van der Waals surface area contributed by atoms with E-state index < -0.39 is 6.04 Å². The number of hydrogen-bond acceptors (Lipinski definition) is 5. The van der Waals surface area contributed by atoms with Crippen LogP contribution in [-0.2, 0) is 14.3 Å². The van der Waals surface area contributed by atoms with E-state index in [-0.39, 0.29) is 11.9 Å². The van der Waals surface area contributed by atoms with E-state index in [0.717, 1.165) is 0 Å². The molecule has 0 saturated heterocycles. The Hall–Kier alpha value is -1.56. The number of hydrogen-bond donors (Lipinski definition) is 1. The maximum atomic E-state index is 11.5. The van der Waals surface area contributed by atoms with Gasteiger partial charge in [0.25, 0.3) is 0 Å². The predicted octanol–water partition coefficient (Wildman–Crippen LogP) is 2.60. The van der Waals surface area contributed by atoms with Gasteiger partial charge in [0.05, 0.1) is 19.3 Å². The highest BCUT2D eigenvalue weighted by Gasteiger charge is 2.15. The van der Waals surface area contributed by atoms with Crippen molar-refractivity contribution in [2.45, 2.75) is 19.9 Å². The van der Waals surface area contributed by atoms with Gasteiger partial charge in [-0.25, -0.2) is 9.59 Å². The molecule has 0 aliphatic carbocycles. The van der Waals surface area contributed by atoms with Crippen molar-refractivity contribution in [2.75, 3.05) is 19.0 Å². The Morgan fingerprint density at radius 1 is 1.42 bits per heavy atom. The van der Waals surface area contributed by atoms with Crippen LogP contribution in [0.15, 0.2) is 22.7 Å². The Bertz CT molecular complexity index is 476. The van der Waals surface area contributed by atoms with E-state index in [1.807, 2.05) is 0 Å². The summed E-state index contributed by atoms with van der Waals surface area (Å²) in [5.41, 5.74) is 1.15. The Morgan fingerprint density at radius 3 is 2.63 bits per heavy atom. The van der Waals surface area contributed by atoms with Crippen LogP contribution in [0.1, 0.15) is 24.2 Å². The third kappa shape index (κ3) is 4.24. The van der Waals surface area contributed by atoms with Crippen molar-refractivity contribution in [1.82, 2.24) is 0 Å². The number of methoxy groups -OCH3 is 1. The fourth-order valence-electron chi connectivity index (χ4n) is 1.44. The molecule has 104 valence electrons. The van der Waals surface area contributed by atoms with Crippen LogP contribution in [0.3, 0.4) is 0 Å². The Kier molecular flexibility index (Phi) is 5.82. The van der Waals surface area contributed by atoms with E-state index in [0.29, 0.717) is 22.3 Å². The highest BCUT2D eigenvalue weighted by molar-refractivity contribution is 9.10. The first kappa shape index (κ1) is 15.5. The van der Waals surface area contributed by atoms with Crippen LogP contribution in [0.2, 0.25) is 0 Å². The zero-order valence-corrected chi connectivity index (χ0v) is 12.6. The molecule has 0 saturated carbocycles. The van der Waals surface area contributed by atoms with Crippen molar-refractivity contribution >= 4 is 33.6 Å². The molecule has 1 atom stereocenters. The molecule has 5 nitrogen and oxygen atoms in total. The first-order valence-corrected chi connectivity index (χ1v) is 6.60. The summed E-state index contributed by atoms with van der Waals surface area (Å²) in [7, 11) is 1.33. The number of halogens is 1. The first-order valence-electron chi connectivity index (χ1n) is 5.80. The molecule has 0 spiro atoms. The molecular weight excluding hydrogens is 314 g/mol. The van der Waals surface area contributed by atoms with Crippen molar-refractivity contribution in [1.29, 1.82) is 0 Å². The summed E-state index contributed by atoms with van der Waals surface area (Å²) in [4.78, 5) is 22.9. The number of nitrogens with one attached hydrogen (secondary N) is 1. The lowest BCUT2D eigenvalue weighted by atomic mass is 10.2. The lowest BCUT2D eigenvalue weighted by molar-refractivity contribution is -0.141. The molecule has 0 bridgehead atoms. The number of ether oxygens (including phenoxy) is 2. The van der Waals surface area contributed by atoms with Gasteiger partial charge in [-0.15, -0.1) is 0 Å². The zero-order chi connectivity index (χ0) is 14.4. The summed E-state index contributed by atoms with van der Waals surface area (Å²) in [6.45, 7) is 3.77. The van der Waals surface area contributed by atoms with Gasteiger partial charge < -0.3 is 14.8 Å².